The third-order valence-electron chi connectivity index (χ3n) is 4.30. The summed E-state index contributed by atoms with van der Waals surface area (Å²) in [6, 6.07) is 0.861. The third-order valence-corrected chi connectivity index (χ3v) is 4.30. The first-order valence-corrected chi connectivity index (χ1v) is 7.43. The molecule has 0 spiro atoms. The maximum absolute atomic E-state index is 5.57. The topological polar surface area (TPSA) is 24.5 Å². The number of hydrogen-bond acceptors (Lipinski definition) is 3. The maximum Gasteiger partial charge on any atom is 0.0472 e. The van der Waals surface area contributed by atoms with Gasteiger partial charge in [0.1, 0.15) is 0 Å². The minimum Gasteiger partial charge on any atom is -0.381 e. The molecule has 1 saturated heterocycles. The third kappa shape index (κ3) is 4.22. The molecule has 0 atom stereocenters. The molecule has 2 rings (SSSR count). The van der Waals surface area contributed by atoms with Crippen molar-refractivity contribution in [1.82, 2.24) is 10.2 Å². The summed E-state index contributed by atoms with van der Waals surface area (Å²) in [6.45, 7) is 11.0. The van der Waals surface area contributed by atoms with Crippen LogP contribution in [0.25, 0.3) is 0 Å². The number of nitrogens with zero attached hydrogens (tertiary/aromatic N) is 1. The van der Waals surface area contributed by atoms with E-state index in [4.69, 9.17) is 4.74 Å². The summed E-state index contributed by atoms with van der Waals surface area (Å²) in [5.74, 6) is 0. The fraction of sp³-hybridized carbons (Fsp3) is 1.00. The molecule has 0 aromatic rings. The monoisotopic (exact) mass is 254 g/mol. The molecule has 1 heterocycles. The van der Waals surface area contributed by atoms with Gasteiger partial charge in [-0.05, 0) is 58.9 Å². The van der Waals surface area contributed by atoms with Crippen LogP contribution < -0.4 is 5.32 Å². The second kappa shape index (κ2) is 5.48. The van der Waals surface area contributed by atoms with E-state index in [0.717, 1.165) is 25.8 Å². The zero-order valence-electron chi connectivity index (χ0n) is 12.6. The van der Waals surface area contributed by atoms with Crippen molar-refractivity contribution in [2.75, 3.05) is 33.4 Å². The summed E-state index contributed by atoms with van der Waals surface area (Å²) in [6.07, 6.45) is 5.20. The highest BCUT2D eigenvalue weighted by atomic mass is 16.5. The normalized spacial score (nSPS) is 24.5. The maximum atomic E-state index is 5.57. The lowest BCUT2D eigenvalue weighted by Crippen LogP contribution is -2.50. The quantitative estimate of drug-likeness (QED) is 0.814. The standard InChI is InChI=1S/C15H30N2O/c1-14(2,3)16-11-15(7-9-18-10-8-15)12-17(4)13-5-6-13/h13,16H,5-12H2,1-4H3. The van der Waals surface area contributed by atoms with Gasteiger partial charge in [-0.3, -0.25) is 0 Å². The molecule has 1 aliphatic carbocycles. The van der Waals surface area contributed by atoms with E-state index in [0.29, 0.717) is 5.41 Å². The first-order chi connectivity index (χ1) is 8.40. The van der Waals surface area contributed by atoms with Gasteiger partial charge < -0.3 is 15.0 Å². The van der Waals surface area contributed by atoms with Gasteiger partial charge in [-0.1, -0.05) is 0 Å². The summed E-state index contributed by atoms with van der Waals surface area (Å²) in [5, 5.41) is 3.71. The molecule has 0 unspecified atom stereocenters. The molecule has 2 aliphatic rings. The molecule has 3 heteroatoms. The number of ether oxygens (including phenoxy) is 1. The Bertz CT molecular complexity index is 262. The first kappa shape index (κ1) is 14.3. The molecule has 1 saturated carbocycles. The van der Waals surface area contributed by atoms with E-state index in [1.165, 1.54) is 32.2 Å². The second-order valence-corrected chi connectivity index (χ2v) is 7.36. The zero-order valence-corrected chi connectivity index (χ0v) is 12.6. The Labute approximate surface area is 112 Å². The molecular weight excluding hydrogens is 224 g/mol. The average Bonchev–Trinajstić information content (AvgIpc) is 3.11. The number of hydrogen-bond donors (Lipinski definition) is 1. The summed E-state index contributed by atoms with van der Waals surface area (Å²) in [7, 11) is 2.30. The van der Waals surface area contributed by atoms with E-state index in [-0.39, 0.29) is 5.54 Å². The van der Waals surface area contributed by atoms with Crippen LogP contribution in [-0.4, -0.2) is 49.8 Å². The van der Waals surface area contributed by atoms with Crippen LogP contribution in [0.4, 0.5) is 0 Å². The fourth-order valence-electron chi connectivity index (χ4n) is 2.82. The lowest BCUT2D eigenvalue weighted by molar-refractivity contribution is -0.00443. The Balaban J connectivity index is 1.92. The van der Waals surface area contributed by atoms with Gasteiger partial charge in [0.15, 0.2) is 0 Å². The van der Waals surface area contributed by atoms with E-state index in [2.05, 4.69) is 38.0 Å². The van der Waals surface area contributed by atoms with Crippen molar-refractivity contribution in [1.29, 1.82) is 0 Å². The minimum absolute atomic E-state index is 0.212. The summed E-state index contributed by atoms with van der Waals surface area (Å²) in [4.78, 5) is 2.58. The SMILES string of the molecule is CN(CC1(CNC(C)(C)C)CCOCC1)C1CC1. The van der Waals surface area contributed by atoms with Crippen LogP contribution in [0.15, 0.2) is 0 Å². The van der Waals surface area contributed by atoms with E-state index in [1.807, 2.05) is 0 Å². The molecular formula is C15H30N2O. The van der Waals surface area contributed by atoms with Gasteiger partial charge >= 0.3 is 0 Å². The Kier molecular flexibility index (Phi) is 4.35. The molecule has 18 heavy (non-hydrogen) atoms. The predicted molar refractivity (Wildman–Crippen MR) is 75.9 cm³/mol. The number of rotatable bonds is 5. The molecule has 0 bridgehead atoms. The molecule has 2 fully saturated rings. The highest BCUT2D eigenvalue weighted by Crippen LogP contribution is 2.35. The Morgan fingerprint density at radius 3 is 2.33 bits per heavy atom. The Morgan fingerprint density at radius 2 is 1.83 bits per heavy atom. The van der Waals surface area contributed by atoms with E-state index in [9.17, 15) is 0 Å². The minimum atomic E-state index is 0.212. The molecule has 0 aromatic heterocycles. The zero-order chi connectivity index (χ0) is 13.2. The second-order valence-electron chi connectivity index (χ2n) is 7.36. The van der Waals surface area contributed by atoms with Gasteiger partial charge in [-0.25, -0.2) is 0 Å². The molecule has 0 radical (unpaired) electrons. The summed E-state index contributed by atoms with van der Waals surface area (Å²) >= 11 is 0. The lowest BCUT2D eigenvalue weighted by Gasteiger charge is -2.42. The van der Waals surface area contributed by atoms with Crippen molar-refractivity contribution < 1.29 is 4.74 Å². The van der Waals surface area contributed by atoms with Gasteiger partial charge in [0.2, 0.25) is 0 Å². The van der Waals surface area contributed by atoms with Gasteiger partial charge in [0.25, 0.3) is 0 Å². The van der Waals surface area contributed by atoms with Gasteiger partial charge in [-0.2, -0.15) is 0 Å². The van der Waals surface area contributed by atoms with Crippen molar-refractivity contribution in [3.05, 3.63) is 0 Å². The fourth-order valence-corrected chi connectivity index (χ4v) is 2.82. The highest BCUT2D eigenvalue weighted by molar-refractivity contribution is 4.92. The molecule has 3 nitrogen and oxygen atoms in total. The Morgan fingerprint density at radius 1 is 1.22 bits per heavy atom. The van der Waals surface area contributed by atoms with Crippen LogP contribution in [-0.2, 0) is 4.74 Å². The smallest absolute Gasteiger partial charge is 0.0472 e. The molecule has 1 aliphatic heterocycles. The Hall–Kier alpha value is -0.120. The van der Waals surface area contributed by atoms with Gasteiger partial charge in [0.05, 0.1) is 0 Å². The van der Waals surface area contributed by atoms with Crippen molar-refractivity contribution in [2.45, 2.75) is 58.0 Å². The van der Waals surface area contributed by atoms with Crippen molar-refractivity contribution in [3.8, 4) is 0 Å². The van der Waals surface area contributed by atoms with Gasteiger partial charge in [-0.15, -0.1) is 0 Å². The number of nitrogens with one attached hydrogen (secondary N) is 1. The largest absolute Gasteiger partial charge is 0.381 e. The molecule has 106 valence electrons. The summed E-state index contributed by atoms with van der Waals surface area (Å²) < 4.78 is 5.57. The van der Waals surface area contributed by atoms with Crippen LogP contribution >= 0.6 is 0 Å². The van der Waals surface area contributed by atoms with E-state index < -0.39 is 0 Å². The first-order valence-electron chi connectivity index (χ1n) is 7.43. The highest BCUT2D eigenvalue weighted by Gasteiger charge is 2.37. The van der Waals surface area contributed by atoms with Crippen LogP contribution in [0.5, 0.6) is 0 Å². The van der Waals surface area contributed by atoms with Crippen molar-refractivity contribution >= 4 is 0 Å². The molecule has 0 amide bonds. The van der Waals surface area contributed by atoms with Crippen LogP contribution in [0, 0.1) is 5.41 Å². The summed E-state index contributed by atoms with van der Waals surface area (Å²) in [5.41, 5.74) is 0.631. The van der Waals surface area contributed by atoms with E-state index >= 15 is 0 Å². The average molecular weight is 254 g/mol. The lowest BCUT2D eigenvalue weighted by atomic mass is 9.79. The van der Waals surface area contributed by atoms with Crippen LogP contribution in [0.3, 0.4) is 0 Å². The molecule has 1 N–H and O–H groups in total. The molecule has 0 aromatic carbocycles. The van der Waals surface area contributed by atoms with Gasteiger partial charge in [0, 0.05) is 37.9 Å². The van der Waals surface area contributed by atoms with Crippen LogP contribution in [0.1, 0.15) is 46.5 Å². The van der Waals surface area contributed by atoms with Crippen molar-refractivity contribution in [2.24, 2.45) is 5.41 Å². The predicted octanol–water partition coefficient (Wildman–Crippen LogP) is 2.27. The van der Waals surface area contributed by atoms with E-state index in [1.54, 1.807) is 0 Å². The van der Waals surface area contributed by atoms with Crippen molar-refractivity contribution in [3.63, 3.8) is 0 Å². The van der Waals surface area contributed by atoms with Crippen LogP contribution in [0.2, 0.25) is 0 Å².